The lowest BCUT2D eigenvalue weighted by molar-refractivity contribution is 0.956. The zero-order valence-electron chi connectivity index (χ0n) is 8.60. The average Bonchev–Trinajstić information content (AvgIpc) is 2.88. The predicted molar refractivity (Wildman–Crippen MR) is 64.5 cm³/mol. The molecule has 0 bridgehead atoms. The van der Waals surface area contributed by atoms with Gasteiger partial charge in [-0.2, -0.15) is 0 Å². The van der Waals surface area contributed by atoms with Crippen LogP contribution in [0.4, 0.5) is 5.69 Å². The Morgan fingerprint density at radius 2 is 2.33 bits per heavy atom. The third-order valence-electron chi connectivity index (χ3n) is 2.94. The smallest absolute Gasteiger partial charge is 0.0811 e. The van der Waals surface area contributed by atoms with Crippen LogP contribution in [0.2, 0.25) is 0 Å². The van der Waals surface area contributed by atoms with Gasteiger partial charge in [-0.1, -0.05) is 12.1 Å². The van der Waals surface area contributed by atoms with E-state index in [9.17, 15) is 0 Å². The molecule has 0 N–H and O–H groups in total. The van der Waals surface area contributed by atoms with E-state index in [2.05, 4.69) is 40.5 Å². The molecule has 2 nitrogen and oxygen atoms in total. The van der Waals surface area contributed by atoms with Crippen molar-refractivity contribution in [3.05, 3.63) is 34.7 Å². The molecule has 1 aromatic carbocycles. The number of fused-ring (bicyclic) bond motifs is 1. The van der Waals surface area contributed by atoms with Crippen LogP contribution >= 0.6 is 11.3 Å². The number of rotatable bonds is 1. The van der Waals surface area contributed by atoms with E-state index in [0.717, 1.165) is 12.2 Å². The van der Waals surface area contributed by atoms with Gasteiger partial charge < -0.3 is 4.90 Å². The summed E-state index contributed by atoms with van der Waals surface area (Å²) in [7, 11) is 2.15. The maximum absolute atomic E-state index is 4.34. The molecule has 0 saturated heterocycles. The predicted octanol–water partition coefficient (Wildman–Crippen LogP) is 2.80. The third kappa shape index (κ3) is 1.43. The number of hydrogen-bond donors (Lipinski definition) is 0. The molecular formula is C12H12N2S. The zero-order chi connectivity index (χ0) is 10.3. The summed E-state index contributed by atoms with van der Waals surface area (Å²) < 4.78 is 0. The van der Waals surface area contributed by atoms with E-state index >= 15 is 0 Å². The van der Waals surface area contributed by atoms with E-state index in [4.69, 9.17) is 0 Å². The molecule has 0 aliphatic carbocycles. The first-order valence-electron chi connectivity index (χ1n) is 5.07. The van der Waals surface area contributed by atoms with Crippen LogP contribution < -0.4 is 4.90 Å². The van der Waals surface area contributed by atoms with Gasteiger partial charge in [-0.25, -0.2) is 4.98 Å². The fourth-order valence-corrected chi connectivity index (χ4v) is 2.61. The standard InChI is InChI=1S/C12H12N2S/c1-14-5-4-9-2-3-10(6-12(9)14)11-7-15-8-13-11/h2-3,6-8H,4-5H2,1H3. The highest BCUT2D eigenvalue weighted by atomic mass is 32.1. The summed E-state index contributed by atoms with van der Waals surface area (Å²) in [6.45, 7) is 1.13. The Morgan fingerprint density at radius 1 is 1.40 bits per heavy atom. The summed E-state index contributed by atoms with van der Waals surface area (Å²) in [6.07, 6.45) is 1.17. The summed E-state index contributed by atoms with van der Waals surface area (Å²) in [5, 5.41) is 2.09. The molecule has 0 fully saturated rings. The monoisotopic (exact) mass is 216 g/mol. The minimum absolute atomic E-state index is 1.09. The Labute approximate surface area is 93.2 Å². The average molecular weight is 216 g/mol. The fourth-order valence-electron chi connectivity index (χ4n) is 2.05. The SMILES string of the molecule is CN1CCc2ccc(-c3cscn3)cc21. The molecular weight excluding hydrogens is 204 g/mol. The van der Waals surface area contributed by atoms with Crippen LogP contribution in [0.5, 0.6) is 0 Å². The van der Waals surface area contributed by atoms with Crippen LogP contribution in [0, 0.1) is 0 Å². The molecule has 1 aromatic heterocycles. The van der Waals surface area contributed by atoms with Gasteiger partial charge in [-0.3, -0.25) is 0 Å². The highest BCUT2D eigenvalue weighted by Gasteiger charge is 2.16. The normalized spacial score (nSPS) is 14.3. The van der Waals surface area contributed by atoms with Crippen molar-refractivity contribution >= 4 is 17.0 Å². The van der Waals surface area contributed by atoms with Gasteiger partial charge in [0.25, 0.3) is 0 Å². The molecule has 0 unspecified atom stereocenters. The van der Waals surface area contributed by atoms with Crippen molar-refractivity contribution in [2.75, 3.05) is 18.5 Å². The zero-order valence-corrected chi connectivity index (χ0v) is 9.42. The first kappa shape index (κ1) is 8.92. The van der Waals surface area contributed by atoms with E-state index in [0.29, 0.717) is 0 Å². The van der Waals surface area contributed by atoms with Gasteiger partial charge in [-0.15, -0.1) is 11.3 Å². The Bertz CT molecular complexity index is 476. The van der Waals surface area contributed by atoms with Crippen molar-refractivity contribution in [3.63, 3.8) is 0 Å². The van der Waals surface area contributed by atoms with Crippen molar-refractivity contribution < 1.29 is 0 Å². The number of nitrogens with zero attached hydrogens (tertiary/aromatic N) is 2. The Hall–Kier alpha value is -1.35. The summed E-state index contributed by atoms with van der Waals surface area (Å²) in [4.78, 5) is 6.65. The van der Waals surface area contributed by atoms with Crippen LogP contribution in [0.15, 0.2) is 29.1 Å². The lowest BCUT2D eigenvalue weighted by atomic mass is 10.1. The third-order valence-corrected chi connectivity index (χ3v) is 3.53. The summed E-state index contributed by atoms with van der Waals surface area (Å²) in [6, 6.07) is 6.65. The molecule has 3 heteroatoms. The number of likely N-dealkylation sites (N-methyl/N-ethyl adjacent to an activating group) is 1. The summed E-state index contributed by atoms with van der Waals surface area (Å²) >= 11 is 1.64. The molecule has 0 spiro atoms. The van der Waals surface area contributed by atoms with Crippen molar-refractivity contribution in [1.82, 2.24) is 4.98 Å². The molecule has 15 heavy (non-hydrogen) atoms. The van der Waals surface area contributed by atoms with Crippen LogP contribution in [0.3, 0.4) is 0 Å². The second-order valence-electron chi connectivity index (χ2n) is 3.89. The van der Waals surface area contributed by atoms with Gasteiger partial charge in [0.1, 0.15) is 0 Å². The van der Waals surface area contributed by atoms with Crippen molar-refractivity contribution in [3.8, 4) is 11.3 Å². The van der Waals surface area contributed by atoms with Crippen molar-refractivity contribution in [2.24, 2.45) is 0 Å². The fraction of sp³-hybridized carbons (Fsp3) is 0.250. The van der Waals surface area contributed by atoms with Crippen LogP contribution in [0.1, 0.15) is 5.56 Å². The van der Waals surface area contributed by atoms with Crippen LogP contribution in [-0.2, 0) is 6.42 Å². The topological polar surface area (TPSA) is 16.1 Å². The highest BCUT2D eigenvalue weighted by molar-refractivity contribution is 7.07. The first-order valence-corrected chi connectivity index (χ1v) is 6.01. The van der Waals surface area contributed by atoms with Gasteiger partial charge >= 0.3 is 0 Å². The van der Waals surface area contributed by atoms with E-state index in [1.165, 1.54) is 23.2 Å². The summed E-state index contributed by atoms with van der Waals surface area (Å²) in [5.41, 5.74) is 7.01. The Kier molecular flexibility index (Phi) is 1.99. The number of hydrogen-bond acceptors (Lipinski definition) is 3. The van der Waals surface area contributed by atoms with Gasteiger partial charge in [0.15, 0.2) is 0 Å². The minimum Gasteiger partial charge on any atom is -0.374 e. The number of benzene rings is 1. The molecule has 0 saturated carbocycles. The molecule has 0 atom stereocenters. The number of anilines is 1. The maximum Gasteiger partial charge on any atom is 0.0811 e. The lowest BCUT2D eigenvalue weighted by Gasteiger charge is -2.12. The summed E-state index contributed by atoms with van der Waals surface area (Å²) in [5.74, 6) is 0. The highest BCUT2D eigenvalue weighted by Crippen LogP contribution is 2.31. The second-order valence-corrected chi connectivity index (χ2v) is 4.61. The van der Waals surface area contributed by atoms with Crippen LogP contribution in [0.25, 0.3) is 11.3 Å². The maximum atomic E-state index is 4.34. The van der Waals surface area contributed by atoms with Gasteiger partial charge in [0.05, 0.1) is 11.2 Å². The second kappa shape index (κ2) is 3.35. The molecule has 0 radical (unpaired) electrons. The van der Waals surface area contributed by atoms with Gasteiger partial charge in [0, 0.05) is 30.2 Å². The molecule has 3 rings (SSSR count). The molecule has 1 aliphatic rings. The lowest BCUT2D eigenvalue weighted by Crippen LogP contribution is -2.12. The molecule has 0 amide bonds. The molecule has 2 aromatic rings. The van der Waals surface area contributed by atoms with E-state index < -0.39 is 0 Å². The van der Waals surface area contributed by atoms with Crippen molar-refractivity contribution in [1.29, 1.82) is 0 Å². The first-order chi connectivity index (χ1) is 7.34. The van der Waals surface area contributed by atoms with Gasteiger partial charge in [0.2, 0.25) is 0 Å². The van der Waals surface area contributed by atoms with E-state index in [1.807, 2.05) is 5.51 Å². The Balaban J connectivity index is 2.09. The quantitative estimate of drug-likeness (QED) is 0.728. The molecule has 2 heterocycles. The van der Waals surface area contributed by atoms with Crippen LogP contribution in [-0.4, -0.2) is 18.6 Å². The van der Waals surface area contributed by atoms with E-state index in [-0.39, 0.29) is 0 Å². The Morgan fingerprint density at radius 3 is 3.13 bits per heavy atom. The largest absolute Gasteiger partial charge is 0.374 e. The molecule has 76 valence electrons. The number of aromatic nitrogens is 1. The van der Waals surface area contributed by atoms with Gasteiger partial charge in [-0.05, 0) is 18.1 Å². The van der Waals surface area contributed by atoms with Crippen molar-refractivity contribution in [2.45, 2.75) is 6.42 Å². The molecule has 1 aliphatic heterocycles. The number of thiazole rings is 1. The van der Waals surface area contributed by atoms with E-state index in [1.54, 1.807) is 11.3 Å². The minimum atomic E-state index is 1.09.